The van der Waals surface area contributed by atoms with Crippen molar-refractivity contribution < 1.29 is 14.3 Å². The summed E-state index contributed by atoms with van der Waals surface area (Å²) in [4.78, 5) is 14.5. The molecule has 1 N–H and O–H groups in total. The third-order valence-electron chi connectivity index (χ3n) is 5.33. The van der Waals surface area contributed by atoms with Gasteiger partial charge in [-0.3, -0.25) is 0 Å². The summed E-state index contributed by atoms with van der Waals surface area (Å²) in [6.07, 6.45) is 10.4. The first-order valence-corrected chi connectivity index (χ1v) is 9.07. The van der Waals surface area contributed by atoms with Gasteiger partial charge in [0.2, 0.25) is 0 Å². The number of nitrogens with zero attached hydrogens (tertiary/aromatic N) is 1. The van der Waals surface area contributed by atoms with Crippen LogP contribution in [0.15, 0.2) is 0 Å². The van der Waals surface area contributed by atoms with Crippen molar-refractivity contribution in [2.75, 3.05) is 32.9 Å². The van der Waals surface area contributed by atoms with Gasteiger partial charge in [-0.25, -0.2) is 4.79 Å². The predicted octanol–water partition coefficient (Wildman–Crippen LogP) is 2.55. The number of hydrogen-bond acceptors (Lipinski definition) is 3. The number of carbonyl (C=O) groups is 1. The predicted molar refractivity (Wildman–Crippen MR) is 84.9 cm³/mol. The van der Waals surface area contributed by atoms with Gasteiger partial charge in [-0.05, 0) is 25.2 Å². The van der Waals surface area contributed by atoms with Gasteiger partial charge in [-0.2, -0.15) is 0 Å². The molecule has 0 aromatic carbocycles. The molecule has 2 heterocycles. The van der Waals surface area contributed by atoms with Gasteiger partial charge in [-0.1, -0.05) is 32.1 Å². The summed E-state index contributed by atoms with van der Waals surface area (Å²) in [5, 5.41) is 3.04. The number of carbonyl (C=O) groups excluding carboxylic acids is 1. The Morgan fingerprint density at radius 2 is 1.95 bits per heavy atom. The number of likely N-dealkylation sites (tertiary alicyclic amines) is 1. The third-order valence-corrected chi connectivity index (χ3v) is 5.33. The zero-order chi connectivity index (χ0) is 15.2. The van der Waals surface area contributed by atoms with Gasteiger partial charge >= 0.3 is 6.03 Å². The molecule has 0 unspecified atom stereocenters. The monoisotopic (exact) mass is 310 g/mol. The quantitative estimate of drug-likeness (QED) is 0.868. The van der Waals surface area contributed by atoms with Crippen LogP contribution in [0.5, 0.6) is 0 Å². The number of urea groups is 1. The van der Waals surface area contributed by atoms with E-state index < -0.39 is 0 Å². The largest absolute Gasteiger partial charge is 0.376 e. The minimum Gasteiger partial charge on any atom is -0.376 e. The first-order chi connectivity index (χ1) is 10.8. The van der Waals surface area contributed by atoms with Gasteiger partial charge < -0.3 is 19.7 Å². The van der Waals surface area contributed by atoms with Gasteiger partial charge in [0.25, 0.3) is 0 Å². The fourth-order valence-electron chi connectivity index (χ4n) is 4.11. The van der Waals surface area contributed by atoms with Crippen molar-refractivity contribution in [2.24, 2.45) is 5.92 Å². The molecular formula is C17H30N2O3. The van der Waals surface area contributed by atoms with Gasteiger partial charge in [0.1, 0.15) is 0 Å². The second-order valence-electron chi connectivity index (χ2n) is 6.98. The van der Waals surface area contributed by atoms with Gasteiger partial charge in [0.05, 0.1) is 25.9 Å². The molecule has 2 atom stereocenters. The van der Waals surface area contributed by atoms with Crippen LogP contribution in [0.25, 0.3) is 0 Å². The lowest BCUT2D eigenvalue weighted by Gasteiger charge is -2.31. The lowest BCUT2D eigenvalue weighted by atomic mass is 9.84. The van der Waals surface area contributed by atoms with Crippen LogP contribution in [-0.2, 0) is 9.47 Å². The minimum absolute atomic E-state index is 0.0112. The topological polar surface area (TPSA) is 50.8 Å². The molecule has 0 aromatic rings. The maximum Gasteiger partial charge on any atom is 0.317 e. The minimum atomic E-state index is 0.0112. The molecule has 1 aliphatic carbocycles. The van der Waals surface area contributed by atoms with E-state index in [1.807, 2.05) is 0 Å². The Morgan fingerprint density at radius 3 is 2.73 bits per heavy atom. The summed E-state index contributed by atoms with van der Waals surface area (Å²) in [7, 11) is 0. The molecular weight excluding hydrogens is 280 g/mol. The molecule has 2 saturated heterocycles. The molecule has 22 heavy (non-hydrogen) atoms. The van der Waals surface area contributed by atoms with Crippen molar-refractivity contribution in [1.29, 1.82) is 0 Å². The van der Waals surface area contributed by atoms with Gasteiger partial charge in [0.15, 0.2) is 0 Å². The molecule has 0 radical (unpaired) electrons. The van der Waals surface area contributed by atoms with Crippen LogP contribution in [0, 0.1) is 5.92 Å². The number of ether oxygens (including phenoxy) is 2. The van der Waals surface area contributed by atoms with E-state index in [-0.39, 0.29) is 12.1 Å². The van der Waals surface area contributed by atoms with Crippen molar-refractivity contribution in [3.8, 4) is 0 Å². The smallest absolute Gasteiger partial charge is 0.317 e. The second kappa shape index (κ2) is 8.16. The highest BCUT2D eigenvalue weighted by molar-refractivity contribution is 5.74. The van der Waals surface area contributed by atoms with E-state index in [1.165, 1.54) is 44.9 Å². The summed E-state index contributed by atoms with van der Waals surface area (Å²) in [6.45, 7) is 3.36. The van der Waals surface area contributed by atoms with E-state index in [1.54, 1.807) is 0 Å². The zero-order valence-electron chi connectivity index (χ0n) is 13.6. The van der Waals surface area contributed by atoms with E-state index >= 15 is 0 Å². The van der Waals surface area contributed by atoms with Crippen LogP contribution in [0.3, 0.4) is 0 Å². The number of amides is 2. The Bertz CT molecular complexity index is 352. The molecule has 2 amide bonds. The van der Waals surface area contributed by atoms with Crippen LogP contribution < -0.4 is 5.32 Å². The fourth-order valence-corrected chi connectivity index (χ4v) is 4.11. The van der Waals surface area contributed by atoms with Crippen LogP contribution in [0.2, 0.25) is 0 Å². The SMILES string of the molecule is O=C(NC[C@@H]1COCCO1)N1CCC[C@H]1CC1CCCCC1. The van der Waals surface area contributed by atoms with Crippen molar-refractivity contribution in [1.82, 2.24) is 10.2 Å². The Hall–Kier alpha value is -0.810. The summed E-state index contributed by atoms with van der Waals surface area (Å²) >= 11 is 0. The van der Waals surface area contributed by atoms with Crippen molar-refractivity contribution in [2.45, 2.75) is 63.5 Å². The van der Waals surface area contributed by atoms with Crippen LogP contribution in [0.4, 0.5) is 4.79 Å². The molecule has 1 saturated carbocycles. The molecule has 2 aliphatic heterocycles. The molecule has 0 aromatic heterocycles. The second-order valence-corrected chi connectivity index (χ2v) is 6.98. The molecule has 5 nitrogen and oxygen atoms in total. The molecule has 3 fully saturated rings. The van der Waals surface area contributed by atoms with Crippen molar-refractivity contribution in [3.63, 3.8) is 0 Å². The number of rotatable bonds is 4. The number of hydrogen-bond donors (Lipinski definition) is 1. The first kappa shape index (κ1) is 16.1. The highest BCUT2D eigenvalue weighted by Crippen LogP contribution is 2.32. The Kier molecular flexibility index (Phi) is 5.96. The molecule has 3 aliphatic rings. The summed E-state index contributed by atoms with van der Waals surface area (Å²) < 4.78 is 11.0. The van der Waals surface area contributed by atoms with E-state index in [0.29, 0.717) is 32.4 Å². The Labute approximate surface area is 133 Å². The number of nitrogens with one attached hydrogen (secondary N) is 1. The Balaban J connectivity index is 1.43. The molecule has 3 rings (SSSR count). The van der Waals surface area contributed by atoms with Gasteiger partial charge in [0, 0.05) is 19.1 Å². The zero-order valence-corrected chi connectivity index (χ0v) is 13.6. The Morgan fingerprint density at radius 1 is 1.09 bits per heavy atom. The van der Waals surface area contributed by atoms with Gasteiger partial charge in [-0.15, -0.1) is 0 Å². The fraction of sp³-hybridized carbons (Fsp3) is 0.941. The average molecular weight is 310 g/mol. The van der Waals surface area contributed by atoms with E-state index in [2.05, 4.69) is 10.2 Å². The first-order valence-electron chi connectivity index (χ1n) is 9.07. The van der Waals surface area contributed by atoms with Crippen molar-refractivity contribution in [3.05, 3.63) is 0 Å². The van der Waals surface area contributed by atoms with Crippen LogP contribution >= 0.6 is 0 Å². The molecule has 0 spiro atoms. The lowest BCUT2D eigenvalue weighted by molar-refractivity contribution is -0.0856. The van der Waals surface area contributed by atoms with Crippen LogP contribution in [-0.4, -0.2) is 56.0 Å². The molecule has 5 heteroatoms. The van der Waals surface area contributed by atoms with E-state index in [4.69, 9.17) is 9.47 Å². The standard InChI is InChI=1S/C17H30N2O3/c20-17(18-12-16-13-21-9-10-22-16)19-8-4-7-15(19)11-14-5-2-1-3-6-14/h14-16H,1-13H2,(H,18,20)/t15-,16+/m0/s1. The summed E-state index contributed by atoms with van der Waals surface area (Å²) in [5.74, 6) is 0.835. The third kappa shape index (κ3) is 4.35. The normalized spacial score (nSPS) is 30.5. The van der Waals surface area contributed by atoms with Crippen molar-refractivity contribution >= 4 is 6.03 Å². The summed E-state index contributed by atoms with van der Waals surface area (Å²) in [5.41, 5.74) is 0. The molecule has 126 valence electrons. The lowest BCUT2D eigenvalue weighted by Crippen LogP contribution is -2.47. The maximum absolute atomic E-state index is 12.5. The van der Waals surface area contributed by atoms with Crippen LogP contribution in [0.1, 0.15) is 51.4 Å². The average Bonchev–Trinajstić information content (AvgIpc) is 3.03. The summed E-state index contributed by atoms with van der Waals surface area (Å²) in [6, 6.07) is 0.541. The van der Waals surface area contributed by atoms with E-state index in [9.17, 15) is 4.79 Å². The maximum atomic E-state index is 12.5. The highest BCUT2D eigenvalue weighted by Gasteiger charge is 2.31. The highest BCUT2D eigenvalue weighted by atomic mass is 16.6. The molecule has 0 bridgehead atoms. The van der Waals surface area contributed by atoms with E-state index in [0.717, 1.165) is 18.9 Å².